The second-order valence-corrected chi connectivity index (χ2v) is 3.47. The first kappa shape index (κ1) is 13.9. The molecule has 0 saturated heterocycles. The summed E-state index contributed by atoms with van der Waals surface area (Å²) < 4.78 is 4.48. The van der Waals surface area contributed by atoms with Crippen LogP contribution in [0.4, 0.5) is 0 Å². The number of hydrogen-bond donors (Lipinski definition) is 0. The summed E-state index contributed by atoms with van der Waals surface area (Å²) in [4.78, 5) is 10.7. The third-order valence-corrected chi connectivity index (χ3v) is 2.10. The average Bonchev–Trinajstić information content (AvgIpc) is 2.26. The fourth-order valence-corrected chi connectivity index (χ4v) is 1.19. The minimum absolute atomic E-state index is 0.276. The van der Waals surface area contributed by atoms with Gasteiger partial charge in [-0.05, 0) is 25.7 Å². The summed E-state index contributed by atoms with van der Waals surface area (Å²) in [5.74, 6) is -0.276. The molecule has 0 atom stereocenters. The van der Waals surface area contributed by atoms with Gasteiger partial charge in [0, 0.05) is 6.08 Å². The molecule has 0 amide bonds. The molecule has 0 rings (SSSR count). The molecule has 0 bridgehead atoms. The number of rotatable bonds is 8. The third kappa shape index (κ3) is 10.9. The molecule has 0 aliphatic carbocycles. The van der Waals surface area contributed by atoms with Crippen molar-refractivity contribution in [3.05, 3.63) is 24.3 Å². The first-order chi connectivity index (χ1) is 7.31. The second kappa shape index (κ2) is 11.0. The third-order valence-electron chi connectivity index (χ3n) is 2.10. The monoisotopic (exact) mass is 210 g/mol. The summed E-state index contributed by atoms with van der Waals surface area (Å²) in [6.45, 7) is 2.21. The molecule has 2 nitrogen and oxygen atoms in total. The predicted molar refractivity (Wildman–Crippen MR) is 63.7 cm³/mol. The van der Waals surface area contributed by atoms with E-state index < -0.39 is 0 Å². The van der Waals surface area contributed by atoms with Crippen LogP contribution in [0.15, 0.2) is 24.3 Å². The summed E-state index contributed by atoms with van der Waals surface area (Å²) in [7, 11) is 1.39. The summed E-state index contributed by atoms with van der Waals surface area (Å²) in [5, 5.41) is 0. The van der Waals surface area contributed by atoms with Gasteiger partial charge in [-0.2, -0.15) is 0 Å². The minimum Gasteiger partial charge on any atom is -0.466 e. The molecule has 0 saturated carbocycles. The maximum Gasteiger partial charge on any atom is 0.330 e. The zero-order valence-corrected chi connectivity index (χ0v) is 9.87. The maximum absolute atomic E-state index is 10.7. The molecule has 0 spiro atoms. The van der Waals surface area contributed by atoms with Gasteiger partial charge in [0.1, 0.15) is 0 Å². The highest BCUT2D eigenvalue weighted by Gasteiger charge is 1.88. The molecule has 0 radical (unpaired) electrons. The van der Waals surface area contributed by atoms with E-state index in [4.69, 9.17) is 0 Å². The van der Waals surface area contributed by atoms with Crippen LogP contribution in [0.1, 0.15) is 45.4 Å². The topological polar surface area (TPSA) is 26.3 Å². The predicted octanol–water partition coefficient (Wildman–Crippen LogP) is 3.63. The lowest BCUT2D eigenvalue weighted by Gasteiger charge is -1.92. The van der Waals surface area contributed by atoms with Gasteiger partial charge in [-0.3, -0.25) is 0 Å². The fraction of sp³-hybridized carbons (Fsp3) is 0.615. The lowest BCUT2D eigenvalue weighted by molar-refractivity contribution is -0.134. The second-order valence-electron chi connectivity index (χ2n) is 3.47. The smallest absolute Gasteiger partial charge is 0.330 e. The molecule has 0 fully saturated rings. The Balaban J connectivity index is 3.30. The molecule has 0 heterocycles. The minimum atomic E-state index is -0.276. The van der Waals surface area contributed by atoms with Gasteiger partial charge in [-0.1, -0.05) is 38.0 Å². The van der Waals surface area contributed by atoms with E-state index in [1.165, 1.54) is 38.9 Å². The number of esters is 1. The Hall–Kier alpha value is -1.05. The van der Waals surface area contributed by atoms with E-state index in [1.807, 2.05) is 6.08 Å². The average molecular weight is 210 g/mol. The van der Waals surface area contributed by atoms with Crippen LogP contribution in [0.5, 0.6) is 0 Å². The van der Waals surface area contributed by atoms with Crippen LogP contribution in [0.2, 0.25) is 0 Å². The van der Waals surface area contributed by atoms with Crippen LogP contribution in [0.25, 0.3) is 0 Å². The van der Waals surface area contributed by atoms with Crippen molar-refractivity contribution >= 4 is 5.97 Å². The van der Waals surface area contributed by atoms with Crippen molar-refractivity contribution in [1.82, 2.24) is 0 Å². The summed E-state index contributed by atoms with van der Waals surface area (Å²) in [5.41, 5.74) is 0. The van der Waals surface area contributed by atoms with Crippen LogP contribution in [0, 0.1) is 0 Å². The Morgan fingerprint density at radius 2 is 1.73 bits per heavy atom. The zero-order chi connectivity index (χ0) is 11.4. The number of allylic oxidation sites excluding steroid dienone is 3. The van der Waals surface area contributed by atoms with Gasteiger partial charge in [0.05, 0.1) is 7.11 Å². The van der Waals surface area contributed by atoms with Crippen LogP contribution < -0.4 is 0 Å². The standard InChI is InChI=1S/C13H22O2/c1-3-4-5-6-7-8-9-10-11-12-13(14)15-2/h7-8,11-12H,3-6,9-10H2,1-2H3/b8-7-,12-11+. The van der Waals surface area contributed by atoms with Gasteiger partial charge in [-0.15, -0.1) is 0 Å². The molecule has 15 heavy (non-hydrogen) atoms. The van der Waals surface area contributed by atoms with Crippen LogP contribution >= 0.6 is 0 Å². The molecular weight excluding hydrogens is 188 g/mol. The number of methoxy groups -OCH3 is 1. The van der Waals surface area contributed by atoms with Gasteiger partial charge in [0.25, 0.3) is 0 Å². The Labute approximate surface area is 93.0 Å². The van der Waals surface area contributed by atoms with Gasteiger partial charge in [-0.25, -0.2) is 4.79 Å². The van der Waals surface area contributed by atoms with Crippen molar-refractivity contribution < 1.29 is 9.53 Å². The molecule has 0 unspecified atom stereocenters. The number of hydrogen-bond acceptors (Lipinski definition) is 2. The highest BCUT2D eigenvalue weighted by Crippen LogP contribution is 2.01. The Bertz CT molecular complexity index is 205. The lowest BCUT2D eigenvalue weighted by Crippen LogP contribution is -1.93. The zero-order valence-electron chi connectivity index (χ0n) is 9.87. The van der Waals surface area contributed by atoms with Gasteiger partial charge < -0.3 is 4.74 Å². The molecule has 0 aromatic heterocycles. The first-order valence-corrected chi connectivity index (χ1v) is 5.70. The Morgan fingerprint density at radius 3 is 2.40 bits per heavy atom. The molecule has 0 aromatic carbocycles. The van der Waals surface area contributed by atoms with Crippen LogP contribution in [-0.4, -0.2) is 13.1 Å². The maximum atomic E-state index is 10.7. The van der Waals surface area contributed by atoms with E-state index in [1.54, 1.807) is 0 Å². The Morgan fingerprint density at radius 1 is 1.07 bits per heavy atom. The van der Waals surface area contributed by atoms with E-state index in [2.05, 4.69) is 23.8 Å². The SMILES string of the molecule is CCCCC/C=C\CC/C=C/C(=O)OC. The number of ether oxygens (including phenoxy) is 1. The van der Waals surface area contributed by atoms with Crippen molar-refractivity contribution in [2.45, 2.75) is 45.4 Å². The van der Waals surface area contributed by atoms with Gasteiger partial charge in [0.15, 0.2) is 0 Å². The van der Waals surface area contributed by atoms with Crippen molar-refractivity contribution in [3.8, 4) is 0 Å². The molecule has 0 aromatic rings. The lowest BCUT2D eigenvalue weighted by atomic mass is 10.2. The summed E-state index contributed by atoms with van der Waals surface area (Å²) >= 11 is 0. The van der Waals surface area contributed by atoms with Crippen molar-refractivity contribution in [2.75, 3.05) is 7.11 Å². The normalized spacial score (nSPS) is 11.3. The molecule has 0 aliphatic rings. The van der Waals surface area contributed by atoms with E-state index in [0.717, 1.165) is 12.8 Å². The highest BCUT2D eigenvalue weighted by atomic mass is 16.5. The van der Waals surface area contributed by atoms with E-state index >= 15 is 0 Å². The molecule has 2 heteroatoms. The summed E-state index contributed by atoms with van der Waals surface area (Å²) in [6.07, 6.45) is 14.7. The van der Waals surface area contributed by atoms with Crippen LogP contribution in [0.3, 0.4) is 0 Å². The van der Waals surface area contributed by atoms with Crippen LogP contribution in [-0.2, 0) is 9.53 Å². The van der Waals surface area contributed by atoms with Crippen molar-refractivity contribution in [3.63, 3.8) is 0 Å². The van der Waals surface area contributed by atoms with Crippen molar-refractivity contribution in [1.29, 1.82) is 0 Å². The molecule has 0 aliphatic heterocycles. The largest absolute Gasteiger partial charge is 0.466 e. The molecular formula is C13H22O2. The number of carbonyl (C=O) groups excluding carboxylic acids is 1. The molecule has 86 valence electrons. The van der Waals surface area contributed by atoms with E-state index in [-0.39, 0.29) is 5.97 Å². The number of unbranched alkanes of at least 4 members (excludes halogenated alkanes) is 4. The fourth-order valence-electron chi connectivity index (χ4n) is 1.19. The first-order valence-electron chi connectivity index (χ1n) is 5.70. The summed E-state index contributed by atoms with van der Waals surface area (Å²) in [6, 6.07) is 0. The molecule has 0 N–H and O–H groups in total. The van der Waals surface area contributed by atoms with E-state index in [0.29, 0.717) is 0 Å². The Kier molecular flexibility index (Phi) is 10.3. The quantitative estimate of drug-likeness (QED) is 0.265. The highest BCUT2D eigenvalue weighted by molar-refractivity contribution is 5.81. The van der Waals surface area contributed by atoms with Crippen molar-refractivity contribution in [2.24, 2.45) is 0 Å². The van der Waals surface area contributed by atoms with E-state index in [9.17, 15) is 4.79 Å². The number of carbonyl (C=O) groups is 1. The van der Waals surface area contributed by atoms with Gasteiger partial charge in [0.2, 0.25) is 0 Å². The van der Waals surface area contributed by atoms with Gasteiger partial charge >= 0.3 is 5.97 Å².